The molecule has 0 N–H and O–H groups in total. The summed E-state index contributed by atoms with van der Waals surface area (Å²) in [6.07, 6.45) is 3.54. The largest absolute Gasteiger partial charge is 0.489 e. The van der Waals surface area contributed by atoms with Crippen LogP contribution in [-0.4, -0.2) is 5.97 Å². The Bertz CT molecular complexity index is 1390. The fourth-order valence-corrected chi connectivity index (χ4v) is 3.75. The molecule has 4 aromatic carbocycles. The second-order valence-electron chi connectivity index (χ2n) is 7.89. The number of para-hydroxylation sites is 1. The number of cyclic esters (lactones) is 1. The SMILES string of the molecule is O=C1OC(c2ccc(Oc3ccccc3)cc2)=C/C1=C\c1ccc(OCc2ccccc2Cl)cc1. The van der Waals surface area contributed by atoms with Crippen LogP contribution in [0.2, 0.25) is 5.02 Å². The fourth-order valence-electron chi connectivity index (χ4n) is 3.56. The third-order valence-electron chi connectivity index (χ3n) is 5.40. The molecule has 0 radical (unpaired) electrons. The van der Waals surface area contributed by atoms with Gasteiger partial charge in [-0.25, -0.2) is 4.79 Å². The summed E-state index contributed by atoms with van der Waals surface area (Å²) in [7, 11) is 0. The van der Waals surface area contributed by atoms with Gasteiger partial charge in [-0.1, -0.05) is 60.1 Å². The normalized spacial score (nSPS) is 13.9. The van der Waals surface area contributed by atoms with Crippen LogP contribution in [0.4, 0.5) is 0 Å². The van der Waals surface area contributed by atoms with Crippen molar-refractivity contribution in [2.24, 2.45) is 0 Å². The number of esters is 1. The van der Waals surface area contributed by atoms with Gasteiger partial charge in [-0.2, -0.15) is 0 Å². The van der Waals surface area contributed by atoms with E-state index in [1.807, 2.05) is 103 Å². The standard InChI is InChI=1S/C30H21ClO4/c31-28-9-5-4-6-23(28)20-33-25-14-10-21(11-15-25)18-24-19-29(35-30(24)32)22-12-16-27(17-13-22)34-26-7-2-1-3-8-26/h1-19H,20H2/b24-18+. The van der Waals surface area contributed by atoms with Gasteiger partial charge in [0.05, 0.1) is 5.57 Å². The van der Waals surface area contributed by atoms with Crippen molar-refractivity contribution in [2.45, 2.75) is 6.61 Å². The first kappa shape index (κ1) is 22.5. The molecule has 172 valence electrons. The number of rotatable bonds is 7. The minimum Gasteiger partial charge on any atom is -0.489 e. The van der Waals surface area contributed by atoms with E-state index in [0.717, 1.165) is 28.2 Å². The van der Waals surface area contributed by atoms with Crippen molar-refractivity contribution in [3.8, 4) is 17.2 Å². The maximum absolute atomic E-state index is 12.4. The zero-order valence-electron chi connectivity index (χ0n) is 18.7. The molecule has 0 spiro atoms. The minimum absolute atomic E-state index is 0.383. The lowest BCUT2D eigenvalue weighted by Gasteiger charge is -2.08. The molecule has 1 heterocycles. The Kier molecular flexibility index (Phi) is 6.64. The number of hydrogen-bond acceptors (Lipinski definition) is 4. The van der Waals surface area contributed by atoms with Gasteiger partial charge in [0.1, 0.15) is 29.6 Å². The lowest BCUT2D eigenvalue weighted by molar-refractivity contribution is -0.130. The fraction of sp³-hybridized carbons (Fsp3) is 0.0333. The van der Waals surface area contributed by atoms with Crippen molar-refractivity contribution in [2.75, 3.05) is 0 Å². The number of hydrogen-bond donors (Lipinski definition) is 0. The van der Waals surface area contributed by atoms with Crippen molar-refractivity contribution in [3.63, 3.8) is 0 Å². The molecule has 1 aliphatic heterocycles. The third kappa shape index (κ3) is 5.62. The summed E-state index contributed by atoms with van der Waals surface area (Å²) in [6, 6.07) is 32.1. The molecule has 4 nitrogen and oxygen atoms in total. The molecule has 35 heavy (non-hydrogen) atoms. The Morgan fingerprint density at radius 3 is 2.14 bits per heavy atom. The first-order valence-corrected chi connectivity index (χ1v) is 11.5. The summed E-state index contributed by atoms with van der Waals surface area (Å²) in [5.74, 6) is 2.31. The molecule has 5 heteroatoms. The molecule has 0 aromatic heterocycles. The predicted molar refractivity (Wildman–Crippen MR) is 137 cm³/mol. The highest BCUT2D eigenvalue weighted by molar-refractivity contribution is 6.31. The molecular formula is C30H21ClO4. The van der Waals surface area contributed by atoms with Crippen molar-refractivity contribution in [1.29, 1.82) is 0 Å². The van der Waals surface area contributed by atoms with E-state index in [2.05, 4.69) is 0 Å². The molecule has 0 saturated carbocycles. The van der Waals surface area contributed by atoms with Gasteiger partial charge in [0.15, 0.2) is 0 Å². The number of benzene rings is 4. The van der Waals surface area contributed by atoms with Gasteiger partial charge in [-0.15, -0.1) is 0 Å². The van der Waals surface area contributed by atoms with Crippen LogP contribution in [0.25, 0.3) is 11.8 Å². The topological polar surface area (TPSA) is 44.8 Å². The highest BCUT2D eigenvalue weighted by atomic mass is 35.5. The van der Waals surface area contributed by atoms with E-state index in [1.165, 1.54) is 0 Å². The van der Waals surface area contributed by atoms with Crippen LogP contribution in [0.3, 0.4) is 0 Å². The summed E-state index contributed by atoms with van der Waals surface area (Å²) in [5.41, 5.74) is 3.07. The van der Waals surface area contributed by atoms with E-state index in [9.17, 15) is 4.79 Å². The summed E-state index contributed by atoms with van der Waals surface area (Å²) in [5, 5.41) is 0.676. The van der Waals surface area contributed by atoms with Gasteiger partial charge >= 0.3 is 5.97 Å². The van der Waals surface area contributed by atoms with Crippen LogP contribution in [0.5, 0.6) is 17.2 Å². The van der Waals surface area contributed by atoms with E-state index < -0.39 is 0 Å². The smallest absolute Gasteiger partial charge is 0.343 e. The summed E-state index contributed by atoms with van der Waals surface area (Å²) in [6.45, 7) is 0.383. The van der Waals surface area contributed by atoms with E-state index >= 15 is 0 Å². The number of halogens is 1. The van der Waals surface area contributed by atoms with Crippen LogP contribution in [0, 0.1) is 0 Å². The van der Waals surface area contributed by atoms with Gasteiger partial charge in [0, 0.05) is 16.1 Å². The number of ether oxygens (including phenoxy) is 3. The van der Waals surface area contributed by atoms with E-state index in [-0.39, 0.29) is 5.97 Å². The van der Waals surface area contributed by atoms with Crippen LogP contribution >= 0.6 is 11.6 Å². The van der Waals surface area contributed by atoms with E-state index in [0.29, 0.717) is 28.7 Å². The van der Waals surface area contributed by atoms with Crippen molar-refractivity contribution < 1.29 is 19.0 Å². The Labute approximate surface area is 208 Å². The second-order valence-corrected chi connectivity index (χ2v) is 8.29. The number of carbonyl (C=O) groups excluding carboxylic acids is 1. The lowest BCUT2D eigenvalue weighted by Crippen LogP contribution is -1.97. The Hall–Kier alpha value is -4.28. The summed E-state index contributed by atoms with van der Waals surface area (Å²) < 4.78 is 17.1. The predicted octanol–water partition coefficient (Wildman–Crippen LogP) is 7.69. The van der Waals surface area contributed by atoms with Crippen molar-refractivity contribution >= 4 is 29.4 Å². The average molecular weight is 481 g/mol. The number of carbonyl (C=O) groups is 1. The highest BCUT2D eigenvalue weighted by Crippen LogP contribution is 2.30. The summed E-state index contributed by atoms with van der Waals surface area (Å²) >= 11 is 6.18. The molecule has 0 saturated heterocycles. The molecule has 0 amide bonds. The van der Waals surface area contributed by atoms with Gasteiger partial charge in [0.2, 0.25) is 0 Å². The van der Waals surface area contributed by atoms with E-state index in [1.54, 1.807) is 12.2 Å². The monoisotopic (exact) mass is 480 g/mol. The molecule has 0 aliphatic carbocycles. The van der Waals surface area contributed by atoms with Gasteiger partial charge in [-0.3, -0.25) is 0 Å². The first-order chi connectivity index (χ1) is 17.1. The zero-order valence-corrected chi connectivity index (χ0v) is 19.4. The molecule has 0 fully saturated rings. The maximum Gasteiger partial charge on any atom is 0.343 e. The van der Waals surface area contributed by atoms with E-state index in [4.69, 9.17) is 25.8 Å². The first-order valence-electron chi connectivity index (χ1n) is 11.1. The third-order valence-corrected chi connectivity index (χ3v) is 5.77. The van der Waals surface area contributed by atoms with Crippen molar-refractivity contribution in [1.82, 2.24) is 0 Å². The Morgan fingerprint density at radius 2 is 1.40 bits per heavy atom. The molecular weight excluding hydrogens is 460 g/mol. The van der Waals surface area contributed by atoms with Gasteiger partial charge < -0.3 is 14.2 Å². The molecule has 0 unspecified atom stereocenters. The van der Waals surface area contributed by atoms with Crippen LogP contribution in [-0.2, 0) is 16.1 Å². The van der Waals surface area contributed by atoms with Crippen molar-refractivity contribution in [3.05, 3.63) is 136 Å². The van der Waals surface area contributed by atoms with Crippen LogP contribution in [0.15, 0.2) is 115 Å². The van der Waals surface area contributed by atoms with Crippen LogP contribution < -0.4 is 9.47 Å². The summed E-state index contributed by atoms with van der Waals surface area (Å²) in [4.78, 5) is 12.4. The second kappa shape index (κ2) is 10.3. The lowest BCUT2D eigenvalue weighted by atomic mass is 10.1. The van der Waals surface area contributed by atoms with Gasteiger partial charge in [0.25, 0.3) is 0 Å². The minimum atomic E-state index is -0.386. The Balaban J connectivity index is 1.24. The molecule has 1 aliphatic rings. The molecule has 4 aromatic rings. The maximum atomic E-state index is 12.4. The quantitative estimate of drug-likeness (QED) is 0.201. The highest BCUT2D eigenvalue weighted by Gasteiger charge is 2.22. The van der Waals surface area contributed by atoms with Crippen LogP contribution in [0.1, 0.15) is 16.7 Å². The van der Waals surface area contributed by atoms with Gasteiger partial charge in [-0.05, 0) is 72.3 Å². The molecule has 0 atom stereocenters. The average Bonchev–Trinajstić information content (AvgIpc) is 3.25. The Morgan fingerprint density at radius 1 is 0.743 bits per heavy atom. The molecule has 0 bridgehead atoms. The molecule has 5 rings (SSSR count). The zero-order chi connectivity index (χ0) is 24.0.